The Morgan fingerprint density at radius 3 is 2.56 bits per heavy atom. The quantitative estimate of drug-likeness (QED) is 0.287. The van der Waals surface area contributed by atoms with E-state index in [1.165, 1.54) is 6.08 Å². The van der Waals surface area contributed by atoms with Crippen LogP contribution in [0.1, 0.15) is 71.3 Å². The van der Waals surface area contributed by atoms with Gasteiger partial charge in [0.25, 0.3) is 0 Å². The highest BCUT2D eigenvalue weighted by molar-refractivity contribution is 5.87. The summed E-state index contributed by atoms with van der Waals surface area (Å²) in [7, 11) is 0. The molecule has 0 bridgehead atoms. The van der Waals surface area contributed by atoms with Crippen molar-refractivity contribution in [2.24, 2.45) is 22.7 Å². The van der Waals surface area contributed by atoms with Gasteiger partial charge < -0.3 is 25.2 Å². The normalized spacial score (nSPS) is 44.8. The first-order chi connectivity index (χ1) is 17.0. The SMILES string of the molecule is C[C@H](O)[C@@H]1CC[C@@]2(O)[C@]1(C)[C@H](OC(=O)C=Cc1ccccc1)C[C@@H]1[C@@]3(C)CC[C@H](O)CC3=CC[C@]12O. The van der Waals surface area contributed by atoms with E-state index < -0.39 is 46.3 Å². The van der Waals surface area contributed by atoms with Gasteiger partial charge in [-0.1, -0.05) is 55.8 Å². The van der Waals surface area contributed by atoms with Crippen LogP contribution in [0, 0.1) is 22.7 Å². The Balaban J connectivity index is 1.54. The Morgan fingerprint density at radius 2 is 1.86 bits per heavy atom. The predicted octanol–water partition coefficient (Wildman–Crippen LogP) is 3.77. The molecule has 3 saturated carbocycles. The average molecular weight is 497 g/mol. The third-order valence-electron chi connectivity index (χ3n) is 10.6. The number of carbonyl (C=O) groups excluding carboxylic acids is 1. The molecule has 4 aliphatic rings. The van der Waals surface area contributed by atoms with Crippen LogP contribution >= 0.6 is 0 Å². The molecule has 0 aromatic heterocycles. The zero-order valence-corrected chi connectivity index (χ0v) is 21.6. The van der Waals surface area contributed by atoms with Crippen molar-refractivity contribution in [1.29, 1.82) is 0 Å². The molecule has 9 atom stereocenters. The zero-order chi connectivity index (χ0) is 25.9. The van der Waals surface area contributed by atoms with Gasteiger partial charge in [-0.05, 0) is 74.8 Å². The molecule has 5 rings (SSSR count). The van der Waals surface area contributed by atoms with E-state index >= 15 is 0 Å². The highest BCUT2D eigenvalue weighted by Gasteiger charge is 2.77. The summed E-state index contributed by atoms with van der Waals surface area (Å²) >= 11 is 0. The summed E-state index contributed by atoms with van der Waals surface area (Å²) in [6, 6.07) is 9.51. The number of aliphatic hydroxyl groups excluding tert-OH is 2. The van der Waals surface area contributed by atoms with Gasteiger partial charge in [-0.25, -0.2) is 4.79 Å². The molecule has 0 amide bonds. The number of esters is 1. The number of hydrogen-bond acceptors (Lipinski definition) is 6. The molecule has 0 heterocycles. The second-order valence-electron chi connectivity index (χ2n) is 12.2. The highest BCUT2D eigenvalue weighted by atomic mass is 16.5. The predicted molar refractivity (Wildman–Crippen MR) is 137 cm³/mol. The molecule has 36 heavy (non-hydrogen) atoms. The number of benzene rings is 1. The van der Waals surface area contributed by atoms with Crippen LogP contribution in [0.3, 0.4) is 0 Å². The van der Waals surface area contributed by atoms with Gasteiger partial charge in [-0.3, -0.25) is 0 Å². The Bertz CT molecular complexity index is 1060. The molecule has 1 aromatic carbocycles. The standard InChI is InChI=1S/C30H40O6/c1-19(31)23-13-16-30(35)28(23,3)25(36-26(33)10-9-20-7-5-4-6-8-20)18-24-27(2)14-12-22(32)17-21(27)11-15-29(24,30)34/h4-11,19,22-25,31-32,34-35H,12-18H2,1-3H3/t19-,22-,23-,24+,25+,27-,28-,29-,30+/m0/s1. The molecule has 0 saturated heterocycles. The average Bonchev–Trinajstić information content (AvgIpc) is 3.14. The second-order valence-corrected chi connectivity index (χ2v) is 12.2. The number of fused-ring (bicyclic) bond motifs is 5. The molecule has 0 spiro atoms. The lowest BCUT2D eigenvalue weighted by Gasteiger charge is -2.66. The number of hydrogen-bond donors (Lipinski definition) is 4. The van der Waals surface area contributed by atoms with Crippen LogP contribution in [-0.2, 0) is 9.53 Å². The third-order valence-corrected chi connectivity index (χ3v) is 10.6. The number of rotatable bonds is 4. The maximum atomic E-state index is 13.1. The van der Waals surface area contributed by atoms with Crippen molar-refractivity contribution in [2.75, 3.05) is 0 Å². The van der Waals surface area contributed by atoms with Gasteiger partial charge in [-0.15, -0.1) is 0 Å². The highest BCUT2D eigenvalue weighted by Crippen LogP contribution is 2.70. The Kier molecular flexibility index (Phi) is 6.27. The monoisotopic (exact) mass is 496 g/mol. The van der Waals surface area contributed by atoms with E-state index in [4.69, 9.17) is 4.74 Å². The fraction of sp³-hybridized carbons (Fsp3) is 0.633. The van der Waals surface area contributed by atoms with E-state index in [0.717, 1.165) is 11.1 Å². The van der Waals surface area contributed by atoms with Crippen molar-refractivity contribution < 1.29 is 30.0 Å². The molecule has 6 heteroatoms. The van der Waals surface area contributed by atoms with Crippen LogP contribution in [0.15, 0.2) is 48.1 Å². The molecule has 3 fully saturated rings. The van der Waals surface area contributed by atoms with Crippen molar-refractivity contribution >= 4 is 12.0 Å². The van der Waals surface area contributed by atoms with Gasteiger partial charge in [-0.2, -0.15) is 0 Å². The summed E-state index contributed by atoms with van der Waals surface area (Å²) in [5.74, 6) is -1.15. The summed E-state index contributed by atoms with van der Waals surface area (Å²) in [6.07, 6.45) is 6.84. The van der Waals surface area contributed by atoms with Crippen molar-refractivity contribution in [3.63, 3.8) is 0 Å². The zero-order valence-electron chi connectivity index (χ0n) is 21.6. The van der Waals surface area contributed by atoms with Gasteiger partial charge in [0, 0.05) is 17.4 Å². The maximum absolute atomic E-state index is 13.1. The lowest BCUT2D eigenvalue weighted by molar-refractivity contribution is -0.304. The molecular weight excluding hydrogens is 456 g/mol. The van der Waals surface area contributed by atoms with Gasteiger partial charge in [0.05, 0.1) is 12.2 Å². The maximum Gasteiger partial charge on any atom is 0.331 e. The molecule has 4 aliphatic carbocycles. The largest absolute Gasteiger partial charge is 0.458 e. The lowest BCUT2D eigenvalue weighted by atomic mass is 9.42. The van der Waals surface area contributed by atoms with Crippen LogP contribution in [0.4, 0.5) is 0 Å². The minimum absolute atomic E-state index is 0.294. The Hall–Kier alpha value is -1.99. The molecule has 0 aliphatic heterocycles. The topological polar surface area (TPSA) is 107 Å². The van der Waals surface area contributed by atoms with E-state index in [9.17, 15) is 25.2 Å². The molecule has 6 nitrogen and oxygen atoms in total. The van der Waals surface area contributed by atoms with Crippen molar-refractivity contribution in [2.45, 2.75) is 95.2 Å². The van der Waals surface area contributed by atoms with Crippen LogP contribution in [0.2, 0.25) is 0 Å². The van der Waals surface area contributed by atoms with E-state index in [1.54, 1.807) is 13.0 Å². The van der Waals surface area contributed by atoms with Crippen molar-refractivity contribution in [3.8, 4) is 0 Å². The first-order valence-corrected chi connectivity index (χ1v) is 13.4. The number of aliphatic hydroxyl groups is 4. The summed E-state index contributed by atoms with van der Waals surface area (Å²) in [5, 5.41) is 45.9. The van der Waals surface area contributed by atoms with Crippen LogP contribution in [0.25, 0.3) is 6.08 Å². The van der Waals surface area contributed by atoms with Gasteiger partial charge in [0.1, 0.15) is 17.3 Å². The fourth-order valence-electron chi connectivity index (χ4n) is 8.50. The summed E-state index contributed by atoms with van der Waals surface area (Å²) < 4.78 is 6.14. The van der Waals surface area contributed by atoms with E-state index in [2.05, 4.69) is 6.92 Å². The van der Waals surface area contributed by atoms with Gasteiger partial charge in [0.15, 0.2) is 0 Å². The lowest BCUT2D eigenvalue weighted by Crippen LogP contribution is -2.75. The molecule has 196 valence electrons. The molecule has 4 N–H and O–H groups in total. The van der Waals surface area contributed by atoms with Crippen LogP contribution in [-0.4, -0.2) is 55.9 Å². The Labute approximate surface area is 213 Å². The van der Waals surface area contributed by atoms with Gasteiger partial charge >= 0.3 is 5.97 Å². The van der Waals surface area contributed by atoms with E-state index in [0.29, 0.717) is 44.9 Å². The molecule has 0 radical (unpaired) electrons. The minimum atomic E-state index is -1.53. The Morgan fingerprint density at radius 1 is 1.14 bits per heavy atom. The van der Waals surface area contributed by atoms with Crippen molar-refractivity contribution in [3.05, 3.63) is 53.6 Å². The molecule has 1 aromatic rings. The van der Waals surface area contributed by atoms with Crippen LogP contribution < -0.4 is 0 Å². The first-order valence-electron chi connectivity index (χ1n) is 13.4. The summed E-state index contributed by atoms with van der Waals surface area (Å²) in [6.45, 7) is 5.73. The van der Waals surface area contributed by atoms with Crippen molar-refractivity contribution in [1.82, 2.24) is 0 Å². The number of ether oxygens (including phenoxy) is 1. The van der Waals surface area contributed by atoms with E-state index in [1.807, 2.05) is 43.3 Å². The first kappa shape index (κ1) is 25.7. The van der Waals surface area contributed by atoms with Crippen LogP contribution in [0.5, 0.6) is 0 Å². The van der Waals surface area contributed by atoms with Gasteiger partial charge in [0.2, 0.25) is 0 Å². The number of carbonyl (C=O) groups is 1. The molecular formula is C30H40O6. The summed E-state index contributed by atoms with van der Waals surface area (Å²) in [5.41, 5.74) is -2.35. The third kappa shape index (κ3) is 3.56. The fourth-order valence-corrected chi connectivity index (χ4v) is 8.50. The smallest absolute Gasteiger partial charge is 0.331 e. The second kappa shape index (κ2) is 8.80. The summed E-state index contributed by atoms with van der Waals surface area (Å²) in [4.78, 5) is 13.1. The molecule has 0 unspecified atom stereocenters. The van der Waals surface area contributed by atoms with E-state index in [-0.39, 0.29) is 11.8 Å². The minimum Gasteiger partial charge on any atom is -0.458 e.